The van der Waals surface area contributed by atoms with Crippen LogP contribution in [0.15, 0.2) is 30.3 Å². The second-order valence-electron chi connectivity index (χ2n) is 6.11. The summed E-state index contributed by atoms with van der Waals surface area (Å²) in [7, 11) is 0. The Labute approximate surface area is 144 Å². The second-order valence-corrected chi connectivity index (χ2v) is 6.11. The van der Waals surface area contributed by atoms with E-state index in [2.05, 4.69) is 35.6 Å². The van der Waals surface area contributed by atoms with Gasteiger partial charge in [-0.15, -0.1) is 12.4 Å². The Balaban J connectivity index is 0.00000192. The maximum absolute atomic E-state index is 12.1. The lowest BCUT2D eigenvalue weighted by molar-refractivity contribution is -0.116. The van der Waals surface area contributed by atoms with E-state index in [9.17, 15) is 4.79 Å². The number of carbonyl (C=O) groups is 1. The largest absolute Gasteiger partial charge is 0.330 e. The highest BCUT2D eigenvalue weighted by Crippen LogP contribution is 2.35. The Morgan fingerprint density at radius 1 is 1.00 bits per heavy atom. The van der Waals surface area contributed by atoms with Gasteiger partial charge in [0, 0.05) is 17.5 Å². The average Bonchev–Trinajstić information content (AvgIpc) is 2.95. The Morgan fingerprint density at radius 2 is 1.74 bits per heavy atom. The van der Waals surface area contributed by atoms with Gasteiger partial charge < -0.3 is 11.1 Å². The predicted molar refractivity (Wildman–Crippen MR) is 99.4 cm³/mol. The predicted octanol–water partition coefficient (Wildman–Crippen LogP) is 4.21. The van der Waals surface area contributed by atoms with E-state index in [1.165, 1.54) is 21.9 Å². The fourth-order valence-corrected chi connectivity index (χ4v) is 3.35. The molecule has 0 unspecified atom stereocenters. The van der Waals surface area contributed by atoms with E-state index in [0.717, 1.165) is 50.8 Å². The Bertz CT molecular complexity index is 674. The van der Waals surface area contributed by atoms with Gasteiger partial charge in [-0.05, 0) is 54.8 Å². The number of nitrogens with one attached hydrogen (secondary N) is 1. The van der Waals surface area contributed by atoms with Crippen molar-refractivity contribution in [2.24, 2.45) is 5.73 Å². The molecule has 0 saturated heterocycles. The van der Waals surface area contributed by atoms with Crippen LogP contribution < -0.4 is 11.1 Å². The summed E-state index contributed by atoms with van der Waals surface area (Å²) >= 11 is 0. The topological polar surface area (TPSA) is 55.1 Å². The maximum Gasteiger partial charge on any atom is 0.224 e. The van der Waals surface area contributed by atoms with Crippen LogP contribution in [0.5, 0.6) is 0 Å². The zero-order chi connectivity index (χ0) is 15.4. The lowest BCUT2D eigenvalue weighted by atomic mass is 10.0. The molecule has 3 rings (SSSR count). The lowest BCUT2D eigenvalue weighted by Gasteiger charge is -2.10. The molecule has 0 atom stereocenters. The molecule has 0 heterocycles. The van der Waals surface area contributed by atoms with E-state index < -0.39 is 0 Å². The zero-order valence-electron chi connectivity index (χ0n) is 13.4. The molecule has 0 bridgehead atoms. The third-order valence-electron chi connectivity index (χ3n) is 4.51. The third kappa shape index (κ3) is 4.04. The summed E-state index contributed by atoms with van der Waals surface area (Å²) in [5, 5.41) is 5.63. The van der Waals surface area contributed by atoms with Gasteiger partial charge in [-0.3, -0.25) is 4.79 Å². The van der Waals surface area contributed by atoms with Gasteiger partial charge in [0.25, 0.3) is 0 Å². The van der Waals surface area contributed by atoms with Gasteiger partial charge in [0.05, 0.1) is 0 Å². The number of unbranched alkanes of at least 4 members (excludes halogenated alkanes) is 3. The van der Waals surface area contributed by atoms with E-state index >= 15 is 0 Å². The summed E-state index contributed by atoms with van der Waals surface area (Å²) in [6.07, 6.45) is 7.01. The van der Waals surface area contributed by atoms with Crippen molar-refractivity contribution in [3.8, 4) is 0 Å². The minimum atomic E-state index is 0. The molecule has 0 aromatic heterocycles. The maximum atomic E-state index is 12.1. The van der Waals surface area contributed by atoms with Crippen LogP contribution in [0.25, 0.3) is 10.8 Å². The van der Waals surface area contributed by atoms with Crippen molar-refractivity contribution in [1.29, 1.82) is 0 Å². The first-order chi connectivity index (χ1) is 10.8. The van der Waals surface area contributed by atoms with Crippen LogP contribution in [0.1, 0.15) is 43.2 Å². The highest BCUT2D eigenvalue weighted by atomic mass is 35.5. The number of nitrogens with two attached hydrogens (primary N) is 1. The SMILES string of the molecule is Cl.NCCCCCCC(=O)Nc1ccc2c3c(cccc13)CC2. The van der Waals surface area contributed by atoms with Crippen LogP contribution in [0.2, 0.25) is 0 Å². The van der Waals surface area contributed by atoms with Crippen LogP contribution in [0.4, 0.5) is 5.69 Å². The fraction of sp³-hybridized carbons (Fsp3) is 0.421. The Morgan fingerprint density at radius 3 is 2.52 bits per heavy atom. The van der Waals surface area contributed by atoms with Crippen LogP contribution in [0, 0.1) is 0 Å². The van der Waals surface area contributed by atoms with Crippen molar-refractivity contribution in [2.45, 2.75) is 44.9 Å². The standard InChI is InChI=1S/C19H24N2O.ClH/c20-13-4-2-1-3-8-18(22)21-17-12-11-15-10-9-14-6-5-7-16(17)19(14)15;/h5-7,11-12H,1-4,8-10,13,20H2,(H,21,22);1H. The molecule has 0 aliphatic heterocycles. The molecular formula is C19H25ClN2O. The summed E-state index contributed by atoms with van der Waals surface area (Å²) in [6.45, 7) is 0.743. The van der Waals surface area contributed by atoms with Gasteiger partial charge in [0.1, 0.15) is 0 Å². The molecule has 124 valence electrons. The summed E-state index contributed by atoms with van der Waals surface area (Å²) in [6, 6.07) is 10.6. The van der Waals surface area contributed by atoms with Crippen molar-refractivity contribution in [1.82, 2.24) is 0 Å². The van der Waals surface area contributed by atoms with Gasteiger partial charge in [-0.2, -0.15) is 0 Å². The monoisotopic (exact) mass is 332 g/mol. The first-order valence-corrected chi connectivity index (χ1v) is 8.33. The van der Waals surface area contributed by atoms with Crippen molar-refractivity contribution in [3.05, 3.63) is 41.5 Å². The van der Waals surface area contributed by atoms with Gasteiger partial charge >= 0.3 is 0 Å². The minimum Gasteiger partial charge on any atom is -0.330 e. The number of anilines is 1. The summed E-state index contributed by atoms with van der Waals surface area (Å²) in [5.74, 6) is 0.117. The van der Waals surface area contributed by atoms with Crippen LogP contribution >= 0.6 is 12.4 Å². The molecule has 2 aromatic carbocycles. The summed E-state index contributed by atoms with van der Waals surface area (Å²) < 4.78 is 0. The molecule has 3 nitrogen and oxygen atoms in total. The number of hydrogen-bond donors (Lipinski definition) is 2. The van der Waals surface area contributed by atoms with E-state index in [4.69, 9.17) is 5.73 Å². The highest BCUT2D eigenvalue weighted by molar-refractivity contribution is 6.05. The normalized spacial score (nSPS) is 12.2. The van der Waals surface area contributed by atoms with Gasteiger partial charge in [0.15, 0.2) is 0 Å². The highest BCUT2D eigenvalue weighted by Gasteiger charge is 2.16. The van der Waals surface area contributed by atoms with E-state index in [1.807, 2.05) is 0 Å². The number of halogens is 1. The smallest absolute Gasteiger partial charge is 0.224 e. The number of hydrogen-bond acceptors (Lipinski definition) is 2. The van der Waals surface area contributed by atoms with Crippen molar-refractivity contribution in [3.63, 3.8) is 0 Å². The van der Waals surface area contributed by atoms with E-state index in [1.54, 1.807) is 0 Å². The number of rotatable bonds is 7. The third-order valence-corrected chi connectivity index (χ3v) is 4.51. The molecule has 0 spiro atoms. The summed E-state index contributed by atoms with van der Waals surface area (Å²) in [5.41, 5.74) is 9.24. The fourth-order valence-electron chi connectivity index (χ4n) is 3.35. The van der Waals surface area contributed by atoms with Crippen molar-refractivity contribution in [2.75, 3.05) is 11.9 Å². The average molecular weight is 333 g/mol. The molecule has 4 heteroatoms. The molecule has 1 amide bonds. The minimum absolute atomic E-state index is 0. The first-order valence-electron chi connectivity index (χ1n) is 8.33. The molecular weight excluding hydrogens is 308 g/mol. The molecule has 23 heavy (non-hydrogen) atoms. The molecule has 1 aliphatic rings. The number of amides is 1. The Kier molecular flexibility index (Phi) is 6.43. The van der Waals surface area contributed by atoms with Crippen LogP contribution in [-0.4, -0.2) is 12.5 Å². The number of carbonyl (C=O) groups excluding carboxylic acids is 1. The van der Waals surface area contributed by atoms with E-state index in [-0.39, 0.29) is 18.3 Å². The molecule has 2 aromatic rings. The lowest BCUT2D eigenvalue weighted by Crippen LogP contribution is -2.11. The van der Waals surface area contributed by atoms with Crippen molar-refractivity contribution >= 4 is 34.8 Å². The summed E-state index contributed by atoms with van der Waals surface area (Å²) in [4.78, 5) is 12.1. The molecule has 0 fully saturated rings. The van der Waals surface area contributed by atoms with Crippen LogP contribution in [0.3, 0.4) is 0 Å². The molecule has 0 radical (unpaired) electrons. The quantitative estimate of drug-likeness (QED) is 0.746. The molecule has 1 aliphatic carbocycles. The zero-order valence-corrected chi connectivity index (χ0v) is 14.3. The van der Waals surface area contributed by atoms with Gasteiger partial charge in [-0.1, -0.05) is 37.1 Å². The van der Waals surface area contributed by atoms with Crippen LogP contribution in [-0.2, 0) is 17.6 Å². The number of aryl methyl sites for hydroxylation is 2. The first kappa shape index (κ1) is 17.8. The van der Waals surface area contributed by atoms with Gasteiger partial charge in [0.2, 0.25) is 5.91 Å². The van der Waals surface area contributed by atoms with Crippen molar-refractivity contribution < 1.29 is 4.79 Å². The number of benzene rings is 2. The van der Waals surface area contributed by atoms with Gasteiger partial charge in [-0.25, -0.2) is 0 Å². The Hall–Kier alpha value is -1.58. The second kappa shape index (κ2) is 8.32. The molecule has 3 N–H and O–H groups in total. The molecule has 0 saturated carbocycles. The van der Waals surface area contributed by atoms with E-state index in [0.29, 0.717) is 6.42 Å².